The molecule has 0 spiro atoms. The van der Waals surface area contributed by atoms with Gasteiger partial charge in [0, 0.05) is 24.6 Å². The summed E-state index contributed by atoms with van der Waals surface area (Å²) in [5, 5.41) is 2.94. The Morgan fingerprint density at radius 1 is 1.08 bits per heavy atom. The molecule has 5 heteroatoms. The molecule has 0 unspecified atom stereocenters. The lowest BCUT2D eigenvalue weighted by molar-refractivity contribution is -0.120. The highest BCUT2D eigenvalue weighted by molar-refractivity contribution is 5.78. The van der Waals surface area contributed by atoms with Crippen LogP contribution in [0.5, 0.6) is 5.75 Å². The van der Waals surface area contributed by atoms with Gasteiger partial charge in [0.2, 0.25) is 5.91 Å². The number of amides is 1. The van der Waals surface area contributed by atoms with Crippen LogP contribution in [0.2, 0.25) is 0 Å². The van der Waals surface area contributed by atoms with E-state index in [-0.39, 0.29) is 5.91 Å². The van der Waals surface area contributed by atoms with E-state index >= 15 is 0 Å². The molecule has 1 N–H and O–H groups in total. The van der Waals surface area contributed by atoms with Crippen LogP contribution >= 0.6 is 0 Å². The summed E-state index contributed by atoms with van der Waals surface area (Å²) in [5.41, 5.74) is 3.06. The highest BCUT2D eigenvalue weighted by Gasteiger charge is 2.04. The van der Waals surface area contributed by atoms with Crippen molar-refractivity contribution in [2.75, 3.05) is 7.11 Å². The zero-order valence-electron chi connectivity index (χ0n) is 13.5. The number of hydrogen-bond acceptors (Lipinski definition) is 3. The Balaban J connectivity index is 1.52. The highest BCUT2D eigenvalue weighted by Crippen LogP contribution is 2.12. The molecule has 122 valence electrons. The number of carbonyl (C=O) groups is 1. The standard InChI is InChI=1S/C19H19N3O2/c1-24-18-8-4-15(5-9-18)12-19(23)21-13-16-2-6-17(7-3-16)22-11-10-20-14-22/h2-11,14H,12-13H2,1H3,(H,21,23). The molecule has 0 radical (unpaired) electrons. The van der Waals surface area contributed by atoms with Crippen molar-refractivity contribution in [1.82, 2.24) is 14.9 Å². The van der Waals surface area contributed by atoms with E-state index in [1.54, 1.807) is 19.6 Å². The molecule has 3 aromatic rings. The maximum Gasteiger partial charge on any atom is 0.224 e. The van der Waals surface area contributed by atoms with Crippen LogP contribution in [0, 0.1) is 0 Å². The third-order valence-corrected chi connectivity index (χ3v) is 3.75. The third kappa shape index (κ3) is 4.01. The van der Waals surface area contributed by atoms with Crippen LogP contribution in [0.15, 0.2) is 67.3 Å². The first-order valence-corrected chi connectivity index (χ1v) is 7.71. The van der Waals surface area contributed by atoms with Crippen molar-refractivity contribution in [3.05, 3.63) is 78.4 Å². The number of benzene rings is 2. The number of aromatic nitrogens is 2. The normalized spacial score (nSPS) is 10.4. The molecule has 5 nitrogen and oxygen atoms in total. The predicted octanol–water partition coefficient (Wildman–Crippen LogP) is 2.74. The lowest BCUT2D eigenvalue weighted by Crippen LogP contribution is -2.24. The van der Waals surface area contributed by atoms with E-state index in [0.717, 1.165) is 22.6 Å². The summed E-state index contributed by atoms with van der Waals surface area (Å²) in [5.74, 6) is 0.788. The Hall–Kier alpha value is -3.08. The zero-order chi connectivity index (χ0) is 16.8. The molecule has 1 amide bonds. The molecule has 0 saturated carbocycles. The average molecular weight is 321 g/mol. The summed E-state index contributed by atoms with van der Waals surface area (Å²) < 4.78 is 7.05. The van der Waals surface area contributed by atoms with Gasteiger partial charge in [-0.25, -0.2) is 4.98 Å². The molecule has 3 rings (SSSR count). The number of hydrogen-bond donors (Lipinski definition) is 1. The van der Waals surface area contributed by atoms with Crippen molar-refractivity contribution in [3.8, 4) is 11.4 Å². The molecule has 0 aliphatic rings. The fraction of sp³-hybridized carbons (Fsp3) is 0.158. The summed E-state index contributed by atoms with van der Waals surface area (Å²) >= 11 is 0. The minimum absolute atomic E-state index is 0.00106. The number of nitrogens with one attached hydrogen (secondary N) is 1. The van der Waals surface area contributed by atoms with Gasteiger partial charge in [0.25, 0.3) is 0 Å². The highest BCUT2D eigenvalue weighted by atomic mass is 16.5. The quantitative estimate of drug-likeness (QED) is 0.759. The summed E-state index contributed by atoms with van der Waals surface area (Å²) in [6.07, 6.45) is 5.75. The first kappa shape index (κ1) is 15.8. The molecule has 0 atom stereocenters. The topological polar surface area (TPSA) is 56.1 Å². The number of ether oxygens (including phenoxy) is 1. The predicted molar refractivity (Wildman–Crippen MR) is 92.1 cm³/mol. The Morgan fingerprint density at radius 3 is 2.42 bits per heavy atom. The van der Waals surface area contributed by atoms with Gasteiger partial charge < -0.3 is 14.6 Å². The lowest BCUT2D eigenvalue weighted by atomic mass is 10.1. The number of nitrogens with zero attached hydrogens (tertiary/aromatic N) is 2. The largest absolute Gasteiger partial charge is 0.497 e. The second-order valence-corrected chi connectivity index (χ2v) is 5.44. The second-order valence-electron chi connectivity index (χ2n) is 5.44. The van der Waals surface area contributed by atoms with Crippen molar-refractivity contribution in [3.63, 3.8) is 0 Å². The van der Waals surface area contributed by atoms with E-state index in [1.165, 1.54) is 0 Å². The van der Waals surface area contributed by atoms with Crippen molar-refractivity contribution < 1.29 is 9.53 Å². The Morgan fingerprint density at radius 2 is 1.79 bits per heavy atom. The first-order chi connectivity index (χ1) is 11.7. The van der Waals surface area contributed by atoms with Gasteiger partial charge in [-0.15, -0.1) is 0 Å². The van der Waals surface area contributed by atoms with Crippen molar-refractivity contribution in [1.29, 1.82) is 0 Å². The molecule has 0 bridgehead atoms. The molecule has 0 saturated heterocycles. The molecule has 0 aliphatic heterocycles. The summed E-state index contributed by atoms with van der Waals surface area (Å²) in [4.78, 5) is 16.1. The van der Waals surface area contributed by atoms with Crippen LogP contribution in [-0.4, -0.2) is 22.6 Å². The Bertz CT molecular complexity index is 778. The van der Waals surface area contributed by atoms with E-state index in [9.17, 15) is 4.79 Å². The van der Waals surface area contributed by atoms with E-state index < -0.39 is 0 Å². The zero-order valence-corrected chi connectivity index (χ0v) is 13.5. The maximum absolute atomic E-state index is 12.0. The number of imidazole rings is 1. The SMILES string of the molecule is COc1ccc(CC(=O)NCc2ccc(-n3ccnc3)cc2)cc1. The van der Waals surface area contributed by atoms with Crippen LogP contribution in [0.4, 0.5) is 0 Å². The van der Waals surface area contributed by atoms with Crippen molar-refractivity contribution in [2.24, 2.45) is 0 Å². The number of methoxy groups -OCH3 is 1. The summed E-state index contributed by atoms with van der Waals surface area (Å²) in [6, 6.07) is 15.5. The van der Waals surface area contributed by atoms with Crippen LogP contribution < -0.4 is 10.1 Å². The van der Waals surface area contributed by atoms with Gasteiger partial charge in [0.05, 0.1) is 19.9 Å². The van der Waals surface area contributed by atoms with Gasteiger partial charge in [-0.3, -0.25) is 4.79 Å². The molecule has 1 aromatic heterocycles. The molecule has 1 heterocycles. The number of carbonyl (C=O) groups excluding carboxylic acids is 1. The van der Waals surface area contributed by atoms with Crippen LogP contribution in [0.1, 0.15) is 11.1 Å². The second kappa shape index (κ2) is 7.46. The molecular formula is C19H19N3O2. The van der Waals surface area contributed by atoms with Crippen molar-refractivity contribution in [2.45, 2.75) is 13.0 Å². The minimum Gasteiger partial charge on any atom is -0.497 e. The van der Waals surface area contributed by atoms with Gasteiger partial charge in [-0.2, -0.15) is 0 Å². The Kier molecular flexibility index (Phi) is 4.91. The van der Waals surface area contributed by atoms with E-state index in [2.05, 4.69) is 10.3 Å². The third-order valence-electron chi connectivity index (χ3n) is 3.75. The van der Waals surface area contributed by atoms with E-state index in [4.69, 9.17) is 4.74 Å². The monoisotopic (exact) mass is 321 g/mol. The fourth-order valence-electron chi connectivity index (χ4n) is 2.39. The molecular weight excluding hydrogens is 302 g/mol. The fourth-order valence-corrected chi connectivity index (χ4v) is 2.39. The minimum atomic E-state index is -0.00106. The lowest BCUT2D eigenvalue weighted by Gasteiger charge is -2.08. The maximum atomic E-state index is 12.0. The summed E-state index contributed by atoms with van der Waals surface area (Å²) in [6.45, 7) is 0.513. The van der Waals surface area contributed by atoms with Gasteiger partial charge in [0.1, 0.15) is 5.75 Å². The number of rotatable bonds is 6. The molecule has 24 heavy (non-hydrogen) atoms. The molecule has 0 fully saturated rings. The molecule has 0 aliphatic carbocycles. The van der Waals surface area contributed by atoms with Crippen LogP contribution in [0.3, 0.4) is 0 Å². The Labute approximate surface area is 140 Å². The van der Waals surface area contributed by atoms with Gasteiger partial charge in [0.15, 0.2) is 0 Å². The van der Waals surface area contributed by atoms with E-state index in [1.807, 2.05) is 59.3 Å². The van der Waals surface area contributed by atoms with Gasteiger partial charge in [-0.1, -0.05) is 24.3 Å². The van der Waals surface area contributed by atoms with E-state index in [0.29, 0.717) is 13.0 Å². The molecule has 2 aromatic carbocycles. The van der Waals surface area contributed by atoms with Crippen LogP contribution in [0.25, 0.3) is 5.69 Å². The first-order valence-electron chi connectivity index (χ1n) is 7.71. The van der Waals surface area contributed by atoms with Crippen molar-refractivity contribution >= 4 is 5.91 Å². The van der Waals surface area contributed by atoms with Gasteiger partial charge in [-0.05, 0) is 35.4 Å². The summed E-state index contributed by atoms with van der Waals surface area (Å²) in [7, 11) is 1.62. The average Bonchev–Trinajstić information content (AvgIpc) is 3.16. The van der Waals surface area contributed by atoms with Crippen LogP contribution in [-0.2, 0) is 17.8 Å². The van der Waals surface area contributed by atoms with Gasteiger partial charge >= 0.3 is 0 Å². The smallest absolute Gasteiger partial charge is 0.224 e.